The van der Waals surface area contributed by atoms with Crippen molar-refractivity contribution in [1.82, 2.24) is 0 Å². The SMILES string of the molecule is Cc1cc(Nc2ccc3c(c2)OCCCO3)c(Br)cc1N. The fraction of sp³-hybridized carbons (Fsp3) is 0.250. The first kappa shape index (κ1) is 14.1. The Morgan fingerprint density at radius 2 is 1.86 bits per heavy atom. The average Bonchev–Trinajstić information content (AvgIpc) is 2.69. The van der Waals surface area contributed by atoms with Crippen molar-refractivity contribution in [3.63, 3.8) is 0 Å². The molecule has 0 radical (unpaired) electrons. The van der Waals surface area contributed by atoms with E-state index in [4.69, 9.17) is 15.2 Å². The molecule has 0 saturated carbocycles. The second kappa shape index (κ2) is 5.85. The van der Waals surface area contributed by atoms with Crippen LogP contribution in [0.3, 0.4) is 0 Å². The molecule has 0 saturated heterocycles. The Bertz CT molecular complexity index is 674. The van der Waals surface area contributed by atoms with Crippen LogP contribution in [0.25, 0.3) is 0 Å². The van der Waals surface area contributed by atoms with E-state index in [2.05, 4.69) is 21.2 Å². The van der Waals surface area contributed by atoms with Crippen LogP contribution < -0.4 is 20.5 Å². The highest BCUT2D eigenvalue weighted by Crippen LogP contribution is 2.35. The molecular formula is C16H17BrN2O2. The van der Waals surface area contributed by atoms with Gasteiger partial charge in [-0.3, -0.25) is 0 Å². The predicted molar refractivity (Wildman–Crippen MR) is 88.6 cm³/mol. The van der Waals surface area contributed by atoms with Gasteiger partial charge in [0.15, 0.2) is 11.5 Å². The van der Waals surface area contributed by atoms with E-state index >= 15 is 0 Å². The summed E-state index contributed by atoms with van der Waals surface area (Å²) < 4.78 is 12.3. The molecule has 5 heteroatoms. The molecule has 21 heavy (non-hydrogen) atoms. The number of nitrogens with two attached hydrogens (primary N) is 1. The van der Waals surface area contributed by atoms with Crippen LogP contribution in [-0.2, 0) is 0 Å². The highest BCUT2D eigenvalue weighted by molar-refractivity contribution is 9.10. The predicted octanol–water partition coefficient (Wildman–Crippen LogP) is 4.24. The van der Waals surface area contributed by atoms with Crippen molar-refractivity contribution in [2.75, 3.05) is 24.3 Å². The van der Waals surface area contributed by atoms with E-state index in [0.29, 0.717) is 13.2 Å². The van der Waals surface area contributed by atoms with Gasteiger partial charge in [-0.05, 0) is 52.7 Å². The Morgan fingerprint density at radius 1 is 1.10 bits per heavy atom. The zero-order chi connectivity index (χ0) is 14.8. The Balaban J connectivity index is 1.88. The second-order valence-corrected chi connectivity index (χ2v) is 5.88. The van der Waals surface area contributed by atoms with Gasteiger partial charge in [0.2, 0.25) is 0 Å². The highest BCUT2D eigenvalue weighted by Gasteiger charge is 2.11. The van der Waals surface area contributed by atoms with Gasteiger partial charge in [0.1, 0.15) is 0 Å². The fourth-order valence-electron chi connectivity index (χ4n) is 2.19. The van der Waals surface area contributed by atoms with Crippen LogP contribution >= 0.6 is 15.9 Å². The van der Waals surface area contributed by atoms with Crippen LogP contribution in [0.1, 0.15) is 12.0 Å². The summed E-state index contributed by atoms with van der Waals surface area (Å²) >= 11 is 3.53. The largest absolute Gasteiger partial charge is 0.490 e. The summed E-state index contributed by atoms with van der Waals surface area (Å²) in [6.07, 6.45) is 0.903. The van der Waals surface area contributed by atoms with Crippen molar-refractivity contribution in [3.05, 3.63) is 40.4 Å². The Morgan fingerprint density at radius 3 is 2.67 bits per heavy atom. The third kappa shape index (κ3) is 3.08. The van der Waals surface area contributed by atoms with Gasteiger partial charge in [-0.15, -0.1) is 0 Å². The van der Waals surface area contributed by atoms with Gasteiger partial charge in [0.25, 0.3) is 0 Å². The number of ether oxygens (including phenoxy) is 2. The fourth-order valence-corrected chi connectivity index (χ4v) is 2.65. The number of aryl methyl sites for hydroxylation is 1. The van der Waals surface area contributed by atoms with Gasteiger partial charge < -0.3 is 20.5 Å². The molecule has 0 aliphatic carbocycles. The molecule has 2 aromatic rings. The number of nitrogens with one attached hydrogen (secondary N) is 1. The number of nitrogen functional groups attached to an aromatic ring is 1. The highest BCUT2D eigenvalue weighted by atomic mass is 79.9. The first-order chi connectivity index (χ1) is 10.1. The van der Waals surface area contributed by atoms with Gasteiger partial charge in [0.05, 0.1) is 18.9 Å². The van der Waals surface area contributed by atoms with Gasteiger partial charge in [-0.1, -0.05) is 0 Å². The van der Waals surface area contributed by atoms with E-state index in [1.54, 1.807) is 0 Å². The molecule has 2 aromatic carbocycles. The number of benzene rings is 2. The number of fused-ring (bicyclic) bond motifs is 1. The van der Waals surface area contributed by atoms with Crippen molar-refractivity contribution in [2.45, 2.75) is 13.3 Å². The molecule has 0 bridgehead atoms. The number of anilines is 3. The lowest BCUT2D eigenvalue weighted by atomic mass is 10.1. The molecular weight excluding hydrogens is 332 g/mol. The van der Waals surface area contributed by atoms with Crippen molar-refractivity contribution in [2.24, 2.45) is 0 Å². The smallest absolute Gasteiger partial charge is 0.163 e. The van der Waals surface area contributed by atoms with Crippen molar-refractivity contribution in [1.29, 1.82) is 0 Å². The molecule has 0 aromatic heterocycles. The number of hydrogen-bond acceptors (Lipinski definition) is 4. The average molecular weight is 349 g/mol. The molecule has 0 amide bonds. The first-order valence-corrected chi connectivity index (χ1v) is 7.65. The molecule has 0 fully saturated rings. The minimum atomic E-state index is 0.682. The van der Waals surface area contributed by atoms with Gasteiger partial charge in [-0.25, -0.2) is 0 Å². The second-order valence-electron chi connectivity index (χ2n) is 5.03. The minimum Gasteiger partial charge on any atom is -0.490 e. The first-order valence-electron chi connectivity index (χ1n) is 6.86. The van der Waals surface area contributed by atoms with E-state index in [-0.39, 0.29) is 0 Å². The summed E-state index contributed by atoms with van der Waals surface area (Å²) in [7, 11) is 0. The third-order valence-corrected chi connectivity index (χ3v) is 4.04. The molecule has 0 unspecified atom stereocenters. The monoisotopic (exact) mass is 348 g/mol. The van der Waals surface area contributed by atoms with Gasteiger partial charge >= 0.3 is 0 Å². The van der Waals surface area contributed by atoms with Gasteiger partial charge in [-0.2, -0.15) is 0 Å². The standard InChI is InChI=1S/C16H17BrN2O2/c1-10-7-14(12(17)9-13(10)18)19-11-3-4-15-16(8-11)21-6-2-5-20-15/h3-4,7-9,19H,2,5-6,18H2,1H3. The molecule has 0 atom stereocenters. The molecule has 3 rings (SSSR count). The zero-order valence-corrected chi connectivity index (χ0v) is 13.4. The normalized spacial score (nSPS) is 13.6. The maximum absolute atomic E-state index is 5.90. The lowest BCUT2D eigenvalue weighted by molar-refractivity contribution is 0.297. The molecule has 1 aliphatic rings. The lowest BCUT2D eigenvalue weighted by Crippen LogP contribution is -1.97. The van der Waals surface area contributed by atoms with E-state index < -0.39 is 0 Å². The van der Waals surface area contributed by atoms with Gasteiger partial charge in [0, 0.05) is 28.3 Å². The molecule has 3 N–H and O–H groups in total. The van der Waals surface area contributed by atoms with Crippen molar-refractivity contribution in [3.8, 4) is 11.5 Å². The lowest BCUT2D eigenvalue weighted by Gasteiger charge is -2.13. The van der Waals surface area contributed by atoms with Crippen LogP contribution in [0.4, 0.5) is 17.1 Å². The minimum absolute atomic E-state index is 0.682. The van der Waals surface area contributed by atoms with Crippen LogP contribution in [0.15, 0.2) is 34.8 Å². The van der Waals surface area contributed by atoms with Crippen LogP contribution in [0.2, 0.25) is 0 Å². The quantitative estimate of drug-likeness (QED) is 0.796. The number of hydrogen-bond donors (Lipinski definition) is 2. The summed E-state index contributed by atoms with van der Waals surface area (Å²) in [6.45, 7) is 3.37. The Kier molecular flexibility index (Phi) is 3.92. The topological polar surface area (TPSA) is 56.5 Å². The third-order valence-electron chi connectivity index (χ3n) is 3.38. The van der Waals surface area contributed by atoms with E-state index in [0.717, 1.165) is 45.0 Å². The molecule has 1 heterocycles. The number of halogens is 1. The van der Waals surface area contributed by atoms with E-state index in [1.807, 2.05) is 37.3 Å². The summed E-state index contributed by atoms with van der Waals surface area (Å²) in [6, 6.07) is 9.79. The molecule has 110 valence electrons. The Labute approximate surface area is 132 Å². The summed E-state index contributed by atoms with van der Waals surface area (Å²) in [5.74, 6) is 1.58. The maximum Gasteiger partial charge on any atom is 0.163 e. The summed E-state index contributed by atoms with van der Waals surface area (Å²) in [5.41, 5.74) is 9.62. The van der Waals surface area contributed by atoms with E-state index in [9.17, 15) is 0 Å². The van der Waals surface area contributed by atoms with Crippen LogP contribution in [0, 0.1) is 6.92 Å². The molecule has 1 aliphatic heterocycles. The van der Waals surface area contributed by atoms with Crippen molar-refractivity contribution < 1.29 is 9.47 Å². The zero-order valence-electron chi connectivity index (χ0n) is 11.8. The maximum atomic E-state index is 5.90. The Hall–Kier alpha value is -1.88. The van der Waals surface area contributed by atoms with Crippen LogP contribution in [-0.4, -0.2) is 13.2 Å². The summed E-state index contributed by atoms with van der Waals surface area (Å²) in [5, 5.41) is 3.37. The molecule has 0 spiro atoms. The number of rotatable bonds is 2. The van der Waals surface area contributed by atoms with Crippen LogP contribution in [0.5, 0.6) is 11.5 Å². The molecule has 4 nitrogen and oxygen atoms in total. The van der Waals surface area contributed by atoms with Crippen molar-refractivity contribution >= 4 is 33.0 Å². The van der Waals surface area contributed by atoms with E-state index in [1.165, 1.54) is 0 Å². The summed E-state index contributed by atoms with van der Waals surface area (Å²) in [4.78, 5) is 0.